The molecule has 8 N–H and O–H groups in total. The Morgan fingerprint density at radius 1 is 0.403 bits per heavy atom. The molecule has 6 heterocycles. The number of carboxylic acids is 1. The van der Waals surface area contributed by atoms with Gasteiger partial charge in [-0.2, -0.15) is 0 Å². The lowest BCUT2D eigenvalue weighted by molar-refractivity contribution is -0.140. The molecular formula is C106H148O37Si. The van der Waals surface area contributed by atoms with Gasteiger partial charge in [0, 0.05) is 135 Å². The molecule has 0 saturated heterocycles. The second-order valence-corrected chi connectivity index (χ2v) is 38.6. The van der Waals surface area contributed by atoms with Gasteiger partial charge in [-0.3, -0.25) is 38.4 Å². The predicted octanol–water partition coefficient (Wildman–Crippen LogP) is 19.3. The zero-order valence-electron chi connectivity index (χ0n) is 86.3. The van der Waals surface area contributed by atoms with Gasteiger partial charge in [-0.05, 0) is 122 Å². The summed E-state index contributed by atoms with van der Waals surface area (Å²) in [6, 6.07) is 7.93. The average molecular weight is 2040 g/mol. The number of aldehydes is 1. The highest BCUT2D eigenvalue weighted by molar-refractivity contribution is 6.74. The molecule has 0 radical (unpaired) electrons. The number of ketones is 6. The summed E-state index contributed by atoms with van der Waals surface area (Å²) in [6.45, 7) is 38.8. The van der Waals surface area contributed by atoms with E-state index in [0.29, 0.717) is 105 Å². The fourth-order valence-electron chi connectivity index (χ4n) is 12.0. The summed E-state index contributed by atoms with van der Waals surface area (Å²) in [4.78, 5) is 203. The van der Waals surface area contributed by atoms with Gasteiger partial charge in [0.1, 0.15) is 109 Å². The fourth-order valence-corrected chi connectivity index (χ4v) is 13.1. The maximum absolute atomic E-state index is 12.1. The van der Waals surface area contributed by atoms with Gasteiger partial charge in [-0.25, -0.2) is 43.2 Å². The Labute approximate surface area is 840 Å². The number of Topliss-reactive ketones (excluding diaryl/α,β-unsaturated/α-hetero) is 6. The number of carbonyl (C=O) groups is 12. The molecule has 0 spiro atoms. The lowest BCUT2D eigenvalue weighted by Gasteiger charge is -2.36. The number of aliphatic carboxylic acids is 1. The van der Waals surface area contributed by atoms with Crippen molar-refractivity contribution in [1.82, 2.24) is 0 Å². The summed E-state index contributed by atoms with van der Waals surface area (Å²) in [5, 5.41) is 76.7. The molecule has 798 valence electrons. The van der Waals surface area contributed by atoms with Gasteiger partial charge in [0.25, 0.3) is 0 Å². The number of allylic oxidation sites excluding steroid dienone is 6. The molecule has 38 heteroatoms. The third-order valence-corrected chi connectivity index (χ3v) is 26.5. The minimum Gasteiger partial charge on any atom is -0.507 e. The molecule has 0 aliphatic heterocycles. The molecule has 0 saturated carbocycles. The number of methoxy groups -OCH3 is 4. The van der Waals surface area contributed by atoms with Crippen LogP contribution >= 0.6 is 0 Å². The van der Waals surface area contributed by atoms with E-state index >= 15 is 0 Å². The quantitative estimate of drug-likeness (QED) is 0.00257. The van der Waals surface area contributed by atoms with Crippen molar-refractivity contribution in [3.63, 3.8) is 0 Å². The van der Waals surface area contributed by atoms with Crippen LogP contribution in [0, 0.1) is 0 Å². The van der Waals surface area contributed by atoms with Crippen LogP contribution in [-0.2, 0) is 52.1 Å². The molecule has 144 heavy (non-hydrogen) atoms. The van der Waals surface area contributed by atoms with Crippen molar-refractivity contribution in [2.75, 3.05) is 41.7 Å². The van der Waals surface area contributed by atoms with E-state index in [4.69, 9.17) is 45.9 Å². The van der Waals surface area contributed by atoms with Crippen molar-refractivity contribution in [3.8, 4) is 34.5 Å². The summed E-state index contributed by atoms with van der Waals surface area (Å²) in [5.74, 6) is -5.99. The van der Waals surface area contributed by atoms with E-state index in [9.17, 15) is 112 Å². The van der Waals surface area contributed by atoms with Crippen molar-refractivity contribution in [2.24, 2.45) is 0 Å². The number of esters is 4. The van der Waals surface area contributed by atoms with E-state index in [2.05, 4.69) is 59.4 Å². The summed E-state index contributed by atoms with van der Waals surface area (Å²) >= 11 is 0. The van der Waals surface area contributed by atoms with Crippen LogP contribution in [0.15, 0.2) is 165 Å². The van der Waals surface area contributed by atoms with Crippen LogP contribution in [0.1, 0.15) is 379 Å². The molecule has 0 bridgehead atoms. The first-order valence-electron chi connectivity index (χ1n) is 46.6. The van der Waals surface area contributed by atoms with Crippen LogP contribution in [0.2, 0.25) is 18.1 Å². The normalized spacial score (nSPS) is 12.2. The number of aliphatic hydroxyl groups excluding tert-OH is 1. The molecular weight excluding hydrogens is 1890 g/mol. The number of rotatable bonds is 45. The van der Waals surface area contributed by atoms with Gasteiger partial charge in [0.15, 0.2) is 43.0 Å². The number of aromatic hydroxyl groups is 6. The SMILES string of the molecule is C.C=CC(=O)OC.CC=C(C)C(=O)c1c(O)cc(C(C)CC/C=C/CC(=O)OC)oc1=O.CC=O.CCC(=O)c1c(O)cc(C(C)CC/C=C/C(=O)O)oc1=O.CCC(=O)c1c(O)cc(C(C)CC/C=C/C(=O)OC)oc1=O.CCC(=O)c1c(O)cc(C(C)CC/C=C/CC(=O)OC)oc1=O.CCC(=O)c1c(O)cc(C(C)CCCO)oc1=O.CCC(=O)c1c(O)cc(C(C)CCCO[Si](C)(C)C(C)(C)C)oc1=O. The van der Waals surface area contributed by atoms with Crippen molar-refractivity contribution < 1.29 is 148 Å². The lowest BCUT2D eigenvalue weighted by Crippen LogP contribution is -2.41. The Bertz CT molecular complexity index is 5730. The number of hydrogen-bond acceptors (Lipinski definition) is 36. The van der Waals surface area contributed by atoms with Crippen LogP contribution < -0.4 is 33.8 Å². The first-order chi connectivity index (χ1) is 67.1. The smallest absolute Gasteiger partial charge is 0.351 e. The van der Waals surface area contributed by atoms with Gasteiger partial charge in [0.2, 0.25) is 0 Å². The van der Waals surface area contributed by atoms with E-state index in [1.807, 2.05) is 46.8 Å². The average Bonchev–Trinajstić information content (AvgIpc) is 0.824. The summed E-state index contributed by atoms with van der Waals surface area (Å²) in [5.41, 5.74) is -6.29. The molecule has 6 atom stereocenters. The molecule has 0 amide bonds. The zero-order valence-corrected chi connectivity index (χ0v) is 87.3. The Kier molecular flexibility index (Phi) is 65.9. The third kappa shape index (κ3) is 48.3. The molecule has 37 nitrogen and oxygen atoms in total. The second kappa shape index (κ2) is 70.7. The second-order valence-electron chi connectivity index (χ2n) is 33.8. The Balaban J connectivity index is -0.00000163. The summed E-state index contributed by atoms with van der Waals surface area (Å²) in [7, 11) is 3.52. The van der Waals surface area contributed by atoms with Gasteiger partial charge in [0.05, 0.1) is 41.3 Å². The van der Waals surface area contributed by atoms with Crippen LogP contribution in [0.4, 0.5) is 0 Å². The van der Waals surface area contributed by atoms with E-state index in [-0.39, 0.29) is 185 Å². The van der Waals surface area contributed by atoms with Crippen molar-refractivity contribution >= 4 is 79.1 Å². The van der Waals surface area contributed by atoms with Gasteiger partial charge >= 0.3 is 63.6 Å². The van der Waals surface area contributed by atoms with Crippen LogP contribution in [0.25, 0.3) is 0 Å². The highest BCUT2D eigenvalue weighted by Crippen LogP contribution is 2.38. The van der Waals surface area contributed by atoms with Crippen molar-refractivity contribution in [1.29, 1.82) is 0 Å². The summed E-state index contributed by atoms with van der Waals surface area (Å²) in [6.07, 6.45) is 24.9. The standard InChI is InChI=1S/C19H24O6.C19H32O5Si.C17H22O6.C16H20O6.C15H18O6.C13H18O5.C4H6O2.C2H4O.CH4/c1-5-12(2)18(22)17-14(20)11-15(25-19(17)23)13(3)9-7-6-8-10-16(21)24-4;1-8-14(20)17-15(21)12-16(24-18(17)22)13(2)10-9-11-23-25(6,7)19(3,4)5;1-4-12(18)16-13(19)10-14(23-17(16)21)11(2)8-6-5-7-9-15(20)22-3;1-4-11(17)15-12(18)9-13(22-16(15)20)10(2)7-5-6-8-14(19)21-3;1-3-10(16)14-11(17)8-12(21-15(14)20)9(2)6-4-5-7-13(18)19;1-3-9(15)12-10(16)7-11(18-13(12)17)8(2)5-4-6-14;1-3-4(5)6-2;1-2-3;/h5-6,8,11,13,20H,7,9-10H2,1-4H3;12-13,21H,8-11H2,1-7H3;5,7,10-11,19H,4,6,8-9H2,1-3H3;6,8-10,18H,4-5,7H2,1-3H3;5,7-9,17H,3-4,6H2,1-2H3,(H,18,19);7-8,14,16H,3-6H2,1-2H3;3H,1H2,2H3;2H,1H3;1H4/b8-6+,12-5?;;7-5+;8-6+;7-5+;;;;. The molecule has 0 fully saturated rings. The molecule has 0 aliphatic rings. The Morgan fingerprint density at radius 3 is 0.868 bits per heavy atom. The largest absolute Gasteiger partial charge is 0.507 e. The zero-order chi connectivity index (χ0) is 110. The van der Waals surface area contributed by atoms with Crippen LogP contribution in [-0.4, -0.2) is 162 Å². The first-order valence-corrected chi connectivity index (χ1v) is 49.5. The minimum absolute atomic E-state index is 0. The summed E-state index contributed by atoms with van der Waals surface area (Å²) < 4.78 is 54.7. The first kappa shape index (κ1) is 134. The molecule has 6 rings (SSSR count). The highest BCUT2D eigenvalue weighted by Gasteiger charge is 2.37. The van der Waals surface area contributed by atoms with Crippen molar-refractivity contribution in [3.05, 3.63) is 240 Å². The molecule has 0 aromatic carbocycles. The molecule has 6 unspecified atom stereocenters. The van der Waals surface area contributed by atoms with E-state index in [1.165, 1.54) is 83.9 Å². The molecule has 6 aromatic heterocycles. The van der Waals surface area contributed by atoms with E-state index in [0.717, 1.165) is 31.3 Å². The number of carboxylic acid groups (broad SMARTS) is 1. The minimum atomic E-state index is -1.75. The number of ether oxygens (including phenoxy) is 4. The number of aliphatic hydroxyl groups is 1. The van der Waals surface area contributed by atoms with Crippen molar-refractivity contribution in [2.45, 2.75) is 301 Å². The van der Waals surface area contributed by atoms with Crippen LogP contribution in [0.3, 0.4) is 0 Å². The monoisotopic (exact) mass is 2040 g/mol. The van der Waals surface area contributed by atoms with E-state index in [1.54, 1.807) is 79.7 Å². The highest BCUT2D eigenvalue weighted by atomic mass is 28.4. The number of carbonyl (C=O) groups excluding carboxylic acids is 11. The maximum Gasteiger partial charge on any atom is 0.351 e. The topological polar surface area (TPSA) is 594 Å². The lowest BCUT2D eigenvalue weighted by atomic mass is 10.00. The van der Waals surface area contributed by atoms with Crippen LogP contribution in [0.5, 0.6) is 34.5 Å². The number of hydrogen-bond donors (Lipinski definition) is 8. The maximum atomic E-state index is 12.1. The Morgan fingerprint density at radius 2 is 0.653 bits per heavy atom. The fraction of sp³-hybridized carbons (Fsp3) is 0.491. The van der Waals surface area contributed by atoms with Gasteiger partial charge < -0.3 is 95.5 Å². The Hall–Kier alpha value is -13.9. The molecule has 6 aromatic rings. The van der Waals surface area contributed by atoms with Gasteiger partial charge in [-0.15, -0.1) is 0 Å². The predicted molar refractivity (Wildman–Crippen MR) is 543 cm³/mol. The van der Waals surface area contributed by atoms with E-state index < -0.39 is 94.7 Å². The third-order valence-electron chi connectivity index (χ3n) is 22.0. The van der Waals surface area contributed by atoms with Gasteiger partial charge in [-0.1, -0.05) is 153 Å². The molecule has 0 aliphatic carbocycles.